The summed E-state index contributed by atoms with van der Waals surface area (Å²) in [5.41, 5.74) is 1.85. The first-order valence-electron chi connectivity index (χ1n) is 6.69. The SMILES string of the molecule is COCCCNC(=O)c1cncc(-c2cccc(F)c2)c1. The topological polar surface area (TPSA) is 51.2 Å². The highest BCUT2D eigenvalue weighted by Crippen LogP contribution is 2.20. The third-order valence-electron chi connectivity index (χ3n) is 2.97. The van der Waals surface area contributed by atoms with Crippen LogP contribution >= 0.6 is 0 Å². The quantitative estimate of drug-likeness (QED) is 0.831. The molecule has 5 heteroatoms. The maximum absolute atomic E-state index is 13.2. The Morgan fingerprint density at radius 1 is 1.29 bits per heavy atom. The first-order valence-corrected chi connectivity index (χ1v) is 6.69. The molecule has 110 valence electrons. The van der Waals surface area contributed by atoms with E-state index in [-0.39, 0.29) is 11.7 Å². The predicted octanol–water partition coefficient (Wildman–Crippen LogP) is 2.65. The zero-order chi connectivity index (χ0) is 15.1. The summed E-state index contributed by atoms with van der Waals surface area (Å²) in [6.45, 7) is 1.14. The van der Waals surface area contributed by atoms with Crippen molar-refractivity contribution >= 4 is 5.91 Å². The van der Waals surface area contributed by atoms with Crippen molar-refractivity contribution in [3.8, 4) is 11.1 Å². The van der Waals surface area contributed by atoms with Gasteiger partial charge in [0.15, 0.2) is 0 Å². The number of halogens is 1. The summed E-state index contributed by atoms with van der Waals surface area (Å²) in [6, 6.07) is 7.90. The zero-order valence-corrected chi connectivity index (χ0v) is 11.8. The largest absolute Gasteiger partial charge is 0.385 e. The van der Waals surface area contributed by atoms with E-state index < -0.39 is 0 Å². The number of ether oxygens (including phenoxy) is 1. The van der Waals surface area contributed by atoms with Gasteiger partial charge in [0.1, 0.15) is 5.82 Å². The van der Waals surface area contributed by atoms with Crippen LogP contribution in [0.5, 0.6) is 0 Å². The highest BCUT2D eigenvalue weighted by molar-refractivity contribution is 5.95. The van der Waals surface area contributed by atoms with Gasteiger partial charge in [-0.15, -0.1) is 0 Å². The summed E-state index contributed by atoms with van der Waals surface area (Å²) < 4.78 is 18.2. The van der Waals surface area contributed by atoms with E-state index >= 15 is 0 Å². The third-order valence-corrected chi connectivity index (χ3v) is 2.97. The molecule has 0 radical (unpaired) electrons. The summed E-state index contributed by atoms with van der Waals surface area (Å²) in [5.74, 6) is -0.515. The van der Waals surface area contributed by atoms with Crippen molar-refractivity contribution in [2.24, 2.45) is 0 Å². The molecule has 0 unspecified atom stereocenters. The van der Waals surface area contributed by atoms with E-state index in [4.69, 9.17) is 4.74 Å². The Morgan fingerprint density at radius 3 is 2.90 bits per heavy atom. The molecule has 0 aliphatic heterocycles. The second-order valence-corrected chi connectivity index (χ2v) is 4.57. The summed E-state index contributed by atoms with van der Waals surface area (Å²) in [4.78, 5) is 16.0. The van der Waals surface area contributed by atoms with Gasteiger partial charge in [-0.25, -0.2) is 4.39 Å². The Hall–Kier alpha value is -2.27. The fourth-order valence-electron chi connectivity index (χ4n) is 1.91. The normalized spacial score (nSPS) is 10.4. The summed E-state index contributed by atoms with van der Waals surface area (Å²) in [6.07, 6.45) is 3.85. The smallest absolute Gasteiger partial charge is 0.252 e. The number of aromatic nitrogens is 1. The van der Waals surface area contributed by atoms with Gasteiger partial charge in [0.05, 0.1) is 5.56 Å². The van der Waals surface area contributed by atoms with Crippen molar-refractivity contribution in [2.75, 3.05) is 20.3 Å². The molecule has 0 aliphatic carbocycles. The lowest BCUT2D eigenvalue weighted by molar-refractivity contribution is 0.0948. The van der Waals surface area contributed by atoms with Crippen molar-refractivity contribution in [3.63, 3.8) is 0 Å². The maximum atomic E-state index is 13.2. The van der Waals surface area contributed by atoms with E-state index in [1.54, 1.807) is 31.5 Å². The van der Waals surface area contributed by atoms with Gasteiger partial charge in [-0.2, -0.15) is 0 Å². The highest BCUT2D eigenvalue weighted by atomic mass is 19.1. The first-order chi connectivity index (χ1) is 10.2. The number of benzene rings is 1. The van der Waals surface area contributed by atoms with Gasteiger partial charge in [0, 0.05) is 38.2 Å². The van der Waals surface area contributed by atoms with Crippen molar-refractivity contribution in [3.05, 3.63) is 54.1 Å². The monoisotopic (exact) mass is 288 g/mol. The van der Waals surface area contributed by atoms with Gasteiger partial charge in [0.25, 0.3) is 5.91 Å². The van der Waals surface area contributed by atoms with Crippen LogP contribution in [0.25, 0.3) is 11.1 Å². The van der Waals surface area contributed by atoms with E-state index in [1.807, 2.05) is 0 Å². The molecule has 1 aromatic carbocycles. The van der Waals surface area contributed by atoms with Gasteiger partial charge in [-0.05, 0) is 30.2 Å². The number of rotatable bonds is 6. The molecule has 0 bridgehead atoms. The molecule has 21 heavy (non-hydrogen) atoms. The minimum Gasteiger partial charge on any atom is -0.385 e. The lowest BCUT2D eigenvalue weighted by Gasteiger charge is -2.07. The summed E-state index contributed by atoms with van der Waals surface area (Å²) >= 11 is 0. The number of carbonyl (C=O) groups is 1. The van der Waals surface area contributed by atoms with Gasteiger partial charge in [-0.3, -0.25) is 9.78 Å². The second kappa shape index (κ2) is 7.50. The molecular formula is C16H17FN2O2. The van der Waals surface area contributed by atoms with Crippen molar-refractivity contribution < 1.29 is 13.9 Å². The van der Waals surface area contributed by atoms with Crippen LogP contribution in [-0.4, -0.2) is 31.2 Å². The molecule has 0 atom stereocenters. The average molecular weight is 288 g/mol. The molecule has 1 heterocycles. The number of hydrogen-bond acceptors (Lipinski definition) is 3. The van der Waals surface area contributed by atoms with Crippen molar-refractivity contribution in [1.29, 1.82) is 0 Å². The van der Waals surface area contributed by atoms with Crippen LogP contribution in [0.3, 0.4) is 0 Å². The third kappa shape index (κ3) is 4.36. The average Bonchev–Trinajstić information content (AvgIpc) is 2.51. The van der Waals surface area contributed by atoms with Crippen LogP contribution in [-0.2, 0) is 4.74 Å². The number of carbonyl (C=O) groups excluding carboxylic acids is 1. The molecule has 2 rings (SSSR count). The molecule has 0 saturated heterocycles. The maximum Gasteiger partial charge on any atom is 0.252 e. The Morgan fingerprint density at radius 2 is 2.14 bits per heavy atom. The lowest BCUT2D eigenvalue weighted by Crippen LogP contribution is -2.25. The standard InChI is InChI=1S/C16H17FN2O2/c1-21-7-3-6-19-16(20)14-8-13(10-18-11-14)12-4-2-5-15(17)9-12/h2,4-5,8-11H,3,6-7H2,1H3,(H,19,20). The van der Waals surface area contributed by atoms with Gasteiger partial charge >= 0.3 is 0 Å². The Balaban J connectivity index is 2.09. The van der Waals surface area contributed by atoms with Gasteiger partial charge in [-0.1, -0.05) is 12.1 Å². The molecule has 1 aromatic heterocycles. The predicted molar refractivity (Wildman–Crippen MR) is 78.5 cm³/mol. The fourth-order valence-corrected chi connectivity index (χ4v) is 1.91. The number of hydrogen-bond donors (Lipinski definition) is 1. The van der Waals surface area contributed by atoms with E-state index in [0.29, 0.717) is 29.8 Å². The second-order valence-electron chi connectivity index (χ2n) is 4.57. The molecule has 2 aromatic rings. The lowest BCUT2D eigenvalue weighted by atomic mass is 10.1. The van der Waals surface area contributed by atoms with Crippen LogP contribution in [0, 0.1) is 5.82 Å². The van der Waals surface area contributed by atoms with Crippen LogP contribution < -0.4 is 5.32 Å². The van der Waals surface area contributed by atoms with Crippen LogP contribution in [0.1, 0.15) is 16.8 Å². The van der Waals surface area contributed by atoms with Crippen LogP contribution in [0.4, 0.5) is 4.39 Å². The minimum absolute atomic E-state index is 0.197. The summed E-state index contributed by atoms with van der Waals surface area (Å²) in [7, 11) is 1.62. The fraction of sp³-hybridized carbons (Fsp3) is 0.250. The van der Waals surface area contributed by atoms with E-state index in [1.165, 1.54) is 18.3 Å². The van der Waals surface area contributed by atoms with E-state index in [9.17, 15) is 9.18 Å². The van der Waals surface area contributed by atoms with Gasteiger partial charge < -0.3 is 10.1 Å². The molecule has 1 N–H and O–H groups in total. The van der Waals surface area contributed by atoms with Gasteiger partial charge in [0.2, 0.25) is 0 Å². The molecule has 0 fully saturated rings. The number of nitrogens with zero attached hydrogens (tertiary/aromatic N) is 1. The minimum atomic E-state index is -0.318. The van der Waals surface area contributed by atoms with E-state index in [0.717, 1.165) is 6.42 Å². The first kappa shape index (κ1) is 15.1. The molecule has 0 aliphatic rings. The van der Waals surface area contributed by atoms with Crippen LogP contribution in [0.2, 0.25) is 0 Å². The molecule has 0 spiro atoms. The molecule has 4 nitrogen and oxygen atoms in total. The zero-order valence-electron chi connectivity index (χ0n) is 11.8. The summed E-state index contributed by atoms with van der Waals surface area (Å²) in [5, 5.41) is 2.79. The Bertz CT molecular complexity index is 617. The highest BCUT2D eigenvalue weighted by Gasteiger charge is 2.07. The van der Waals surface area contributed by atoms with E-state index in [2.05, 4.69) is 10.3 Å². The molecule has 1 amide bonds. The molecule has 0 saturated carbocycles. The Kier molecular flexibility index (Phi) is 5.40. The Labute approximate surface area is 123 Å². The van der Waals surface area contributed by atoms with Crippen LogP contribution in [0.15, 0.2) is 42.7 Å². The number of methoxy groups -OCH3 is 1. The van der Waals surface area contributed by atoms with Crippen molar-refractivity contribution in [2.45, 2.75) is 6.42 Å². The number of pyridine rings is 1. The molecular weight excluding hydrogens is 271 g/mol. The number of nitrogens with one attached hydrogen (secondary N) is 1. The van der Waals surface area contributed by atoms with Crippen molar-refractivity contribution in [1.82, 2.24) is 10.3 Å². The number of amides is 1.